The van der Waals surface area contributed by atoms with Crippen LogP contribution in [0.3, 0.4) is 0 Å². The predicted octanol–water partition coefficient (Wildman–Crippen LogP) is 1.80. The summed E-state index contributed by atoms with van der Waals surface area (Å²) in [5.74, 6) is 0.507. The third-order valence-electron chi connectivity index (χ3n) is 5.75. The molecular formula is C18H29N5OS. The van der Waals surface area contributed by atoms with E-state index in [1.54, 1.807) is 11.3 Å². The van der Waals surface area contributed by atoms with Gasteiger partial charge in [-0.2, -0.15) is 0 Å². The Morgan fingerprint density at radius 2 is 1.96 bits per heavy atom. The van der Waals surface area contributed by atoms with Crippen LogP contribution in [0.15, 0.2) is 0 Å². The fraction of sp³-hybridized carbons (Fsp3) is 0.833. The van der Waals surface area contributed by atoms with Gasteiger partial charge in [-0.3, -0.25) is 14.6 Å². The van der Waals surface area contributed by atoms with Gasteiger partial charge in [-0.15, -0.1) is 21.5 Å². The molecule has 3 fully saturated rings. The third-order valence-corrected chi connectivity index (χ3v) is 6.57. The van der Waals surface area contributed by atoms with Gasteiger partial charge in [0.1, 0.15) is 10.0 Å². The average Bonchev–Trinajstić information content (AvgIpc) is 3.35. The molecule has 1 aromatic heterocycles. The van der Waals surface area contributed by atoms with Gasteiger partial charge in [0.2, 0.25) is 5.91 Å². The highest BCUT2D eigenvalue weighted by Gasteiger charge is 2.33. The molecule has 0 aromatic carbocycles. The SMILES string of the molecule is Cc1nnc(CN2CCC(N3CCCC(C(=O)NC4CC4)C3)CC2)s1. The smallest absolute Gasteiger partial charge is 0.224 e. The topological polar surface area (TPSA) is 61.4 Å². The summed E-state index contributed by atoms with van der Waals surface area (Å²) in [4.78, 5) is 17.5. The lowest BCUT2D eigenvalue weighted by Crippen LogP contribution is -2.50. The van der Waals surface area contributed by atoms with E-state index in [1.165, 1.54) is 25.7 Å². The van der Waals surface area contributed by atoms with Crippen LogP contribution in [-0.4, -0.2) is 64.2 Å². The second kappa shape index (κ2) is 7.68. The Morgan fingerprint density at radius 1 is 1.16 bits per heavy atom. The van der Waals surface area contributed by atoms with Gasteiger partial charge >= 0.3 is 0 Å². The van der Waals surface area contributed by atoms with Gasteiger partial charge in [0.15, 0.2) is 0 Å². The van der Waals surface area contributed by atoms with Crippen molar-refractivity contribution in [2.45, 2.75) is 64.1 Å². The first kappa shape index (κ1) is 17.4. The summed E-state index contributed by atoms with van der Waals surface area (Å²) >= 11 is 1.70. The van der Waals surface area contributed by atoms with E-state index in [2.05, 4.69) is 25.3 Å². The fourth-order valence-electron chi connectivity index (χ4n) is 4.13. The lowest BCUT2D eigenvalue weighted by molar-refractivity contribution is -0.127. The summed E-state index contributed by atoms with van der Waals surface area (Å²) in [6.45, 7) is 7.31. The Morgan fingerprint density at radius 3 is 2.64 bits per heavy atom. The molecule has 1 atom stereocenters. The molecule has 3 heterocycles. The minimum absolute atomic E-state index is 0.205. The zero-order valence-electron chi connectivity index (χ0n) is 15.1. The second-order valence-corrected chi connectivity index (χ2v) is 9.11. The molecule has 0 spiro atoms. The van der Waals surface area contributed by atoms with Gasteiger partial charge in [-0.1, -0.05) is 0 Å². The first-order chi connectivity index (χ1) is 12.2. The highest BCUT2D eigenvalue weighted by Crippen LogP contribution is 2.26. The maximum absolute atomic E-state index is 12.4. The van der Waals surface area contributed by atoms with E-state index < -0.39 is 0 Å². The predicted molar refractivity (Wildman–Crippen MR) is 98.4 cm³/mol. The number of amides is 1. The zero-order valence-corrected chi connectivity index (χ0v) is 15.9. The number of nitrogens with zero attached hydrogens (tertiary/aromatic N) is 4. The summed E-state index contributed by atoms with van der Waals surface area (Å²) in [5.41, 5.74) is 0. The maximum atomic E-state index is 12.4. The first-order valence-electron chi connectivity index (χ1n) is 9.73. The van der Waals surface area contributed by atoms with Crippen molar-refractivity contribution in [3.63, 3.8) is 0 Å². The minimum Gasteiger partial charge on any atom is -0.353 e. The van der Waals surface area contributed by atoms with Crippen molar-refractivity contribution in [1.29, 1.82) is 0 Å². The van der Waals surface area contributed by atoms with Crippen molar-refractivity contribution in [3.05, 3.63) is 10.0 Å². The van der Waals surface area contributed by atoms with Crippen LogP contribution >= 0.6 is 11.3 Å². The van der Waals surface area contributed by atoms with Gasteiger partial charge in [0.05, 0.1) is 12.5 Å². The quantitative estimate of drug-likeness (QED) is 0.864. The molecule has 1 aliphatic carbocycles. The van der Waals surface area contributed by atoms with E-state index in [9.17, 15) is 4.79 Å². The molecule has 25 heavy (non-hydrogen) atoms. The lowest BCUT2D eigenvalue weighted by atomic mass is 9.93. The van der Waals surface area contributed by atoms with Crippen LogP contribution in [0.1, 0.15) is 48.5 Å². The van der Waals surface area contributed by atoms with Crippen LogP contribution in [0, 0.1) is 12.8 Å². The molecule has 0 bridgehead atoms. The number of carbonyl (C=O) groups is 1. The van der Waals surface area contributed by atoms with E-state index in [-0.39, 0.29) is 5.92 Å². The van der Waals surface area contributed by atoms with Crippen LogP contribution in [0.4, 0.5) is 0 Å². The van der Waals surface area contributed by atoms with Gasteiger partial charge in [0.25, 0.3) is 0 Å². The summed E-state index contributed by atoms with van der Waals surface area (Å²) < 4.78 is 0. The highest BCUT2D eigenvalue weighted by molar-refractivity contribution is 7.11. The molecule has 2 saturated heterocycles. The Labute approximate surface area is 154 Å². The van der Waals surface area contributed by atoms with Crippen molar-refractivity contribution in [2.75, 3.05) is 26.2 Å². The largest absolute Gasteiger partial charge is 0.353 e. The van der Waals surface area contributed by atoms with Crippen LogP contribution in [0.25, 0.3) is 0 Å². The Balaban J connectivity index is 1.24. The van der Waals surface area contributed by atoms with Crippen molar-refractivity contribution in [3.8, 4) is 0 Å². The molecule has 138 valence electrons. The van der Waals surface area contributed by atoms with Crippen molar-refractivity contribution < 1.29 is 4.79 Å². The van der Waals surface area contributed by atoms with Crippen molar-refractivity contribution in [1.82, 2.24) is 25.3 Å². The molecule has 3 aliphatic rings. The third kappa shape index (κ3) is 4.57. The Hall–Kier alpha value is -1.05. The molecule has 4 rings (SSSR count). The second-order valence-electron chi connectivity index (χ2n) is 7.84. The molecule has 1 N–H and O–H groups in total. The monoisotopic (exact) mass is 363 g/mol. The van der Waals surface area contributed by atoms with Gasteiger partial charge < -0.3 is 5.32 Å². The van der Waals surface area contributed by atoms with E-state index in [1.807, 2.05) is 6.92 Å². The molecule has 1 saturated carbocycles. The number of aryl methyl sites for hydroxylation is 1. The molecule has 2 aliphatic heterocycles. The number of likely N-dealkylation sites (tertiary alicyclic amines) is 2. The summed E-state index contributed by atoms with van der Waals surface area (Å²) in [6, 6.07) is 1.12. The van der Waals surface area contributed by atoms with E-state index in [4.69, 9.17) is 0 Å². The van der Waals surface area contributed by atoms with E-state index >= 15 is 0 Å². The van der Waals surface area contributed by atoms with Crippen LogP contribution < -0.4 is 5.32 Å². The molecule has 1 aromatic rings. The standard InChI is InChI=1S/C18H29N5OS/c1-13-20-21-17(25-13)12-22-9-6-16(7-10-22)23-8-2-3-14(11-23)18(24)19-15-4-5-15/h14-16H,2-12H2,1H3,(H,19,24). The van der Waals surface area contributed by atoms with Gasteiger partial charge in [0, 0.05) is 31.7 Å². The normalized spacial score (nSPS) is 26.7. The van der Waals surface area contributed by atoms with Crippen molar-refractivity contribution in [2.24, 2.45) is 5.92 Å². The van der Waals surface area contributed by atoms with Crippen LogP contribution in [0.5, 0.6) is 0 Å². The van der Waals surface area contributed by atoms with Gasteiger partial charge in [-0.25, -0.2) is 0 Å². The highest BCUT2D eigenvalue weighted by atomic mass is 32.1. The molecule has 1 amide bonds. The lowest BCUT2D eigenvalue weighted by Gasteiger charge is -2.41. The number of nitrogens with one attached hydrogen (secondary N) is 1. The van der Waals surface area contributed by atoms with E-state index in [0.29, 0.717) is 18.0 Å². The fourth-order valence-corrected chi connectivity index (χ4v) is 4.89. The van der Waals surface area contributed by atoms with Crippen LogP contribution in [-0.2, 0) is 11.3 Å². The minimum atomic E-state index is 0.205. The summed E-state index contributed by atoms with van der Waals surface area (Å²) in [5, 5.41) is 13.7. The summed E-state index contributed by atoms with van der Waals surface area (Å²) in [7, 11) is 0. The number of rotatable bonds is 5. The zero-order chi connectivity index (χ0) is 17.2. The molecule has 1 unspecified atom stereocenters. The number of carbonyl (C=O) groups excluding carboxylic acids is 1. The Bertz CT molecular complexity index is 594. The molecular weight excluding hydrogens is 334 g/mol. The maximum Gasteiger partial charge on any atom is 0.224 e. The Kier molecular flexibility index (Phi) is 5.33. The number of hydrogen-bond donors (Lipinski definition) is 1. The summed E-state index contributed by atoms with van der Waals surface area (Å²) in [6.07, 6.45) is 6.98. The molecule has 0 radical (unpaired) electrons. The molecule has 6 nitrogen and oxygen atoms in total. The number of aromatic nitrogens is 2. The average molecular weight is 364 g/mol. The first-order valence-corrected chi connectivity index (χ1v) is 10.5. The van der Waals surface area contributed by atoms with Crippen LogP contribution in [0.2, 0.25) is 0 Å². The number of piperidine rings is 2. The van der Waals surface area contributed by atoms with Gasteiger partial charge in [-0.05, 0) is 52.0 Å². The van der Waals surface area contributed by atoms with Crippen molar-refractivity contribution >= 4 is 17.2 Å². The molecule has 7 heteroatoms. The van der Waals surface area contributed by atoms with E-state index in [0.717, 1.165) is 55.6 Å². The number of hydrogen-bond acceptors (Lipinski definition) is 6.